The van der Waals surface area contributed by atoms with E-state index >= 15 is 0 Å². The van der Waals surface area contributed by atoms with Crippen LogP contribution in [0.5, 0.6) is 5.75 Å². The minimum atomic E-state index is -0.111. The summed E-state index contributed by atoms with van der Waals surface area (Å²) >= 11 is 0. The van der Waals surface area contributed by atoms with Gasteiger partial charge in [0.15, 0.2) is 0 Å². The minimum Gasteiger partial charge on any atom is -0.497 e. The Morgan fingerprint density at radius 2 is 2.22 bits per heavy atom. The third-order valence-electron chi connectivity index (χ3n) is 3.02. The number of hydrogen-bond acceptors (Lipinski definition) is 3. The number of nitrogens with two attached hydrogens (primary N) is 1. The fourth-order valence-corrected chi connectivity index (χ4v) is 1.71. The molecule has 1 unspecified atom stereocenters. The molecule has 2 N–H and O–H groups in total. The molecule has 0 radical (unpaired) electrons. The van der Waals surface area contributed by atoms with Crippen LogP contribution < -0.4 is 10.5 Å². The van der Waals surface area contributed by atoms with Gasteiger partial charge < -0.3 is 15.4 Å². The third kappa shape index (κ3) is 4.04. The number of nitrogens with zero attached hydrogens (tertiary/aromatic N) is 1. The Balaban J connectivity index is 2.51. The SMILES string of the molecule is COc1cccc(CCN(C)C(=O)C(C)CN)c1. The zero-order valence-electron chi connectivity index (χ0n) is 11.3. The van der Waals surface area contributed by atoms with Crippen molar-refractivity contribution in [2.45, 2.75) is 13.3 Å². The van der Waals surface area contributed by atoms with Crippen molar-refractivity contribution in [1.29, 1.82) is 0 Å². The van der Waals surface area contributed by atoms with Gasteiger partial charge in [-0.1, -0.05) is 19.1 Å². The van der Waals surface area contributed by atoms with Crippen molar-refractivity contribution in [1.82, 2.24) is 4.90 Å². The van der Waals surface area contributed by atoms with Crippen molar-refractivity contribution in [2.75, 3.05) is 27.2 Å². The van der Waals surface area contributed by atoms with Crippen molar-refractivity contribution in [3.8, 4) is 5.75 Å². The van der Waals surface area contributed by atoms with Crippen LogP contribution in [-0.4, -0.2) is 38.1 Å². The Bertz CT molecular complexity index is 393. The van der Waals surface area contributed by atoms with Crippen LogP contribution in [0.1, 0.15) is 12.5 Å². The second-order valence-corrected chi connectivity index (χ2v) is 4.50. The number of amides is 1. The van der Waals surface area contributed by atoms with Crippen LogP contribution in [0.2, 0.25) is 0 Å². The summed E-state index contributed by atoms with van der Waals surface area (Å²) in [5, 5.41) is 0. The first kappa shape index (κ1) is 14.5. The van der Waals surface area contributed by atoms with Gasteiger partial charge >= 0.3 is 0 Å². The van der Waals surface area contributed by atoms with Gasteiger partial charge in [-0.05, 0) is 24.1 Å². The van der Waals surface area contributed by atoms with Gasteiger partial charge in [-0.25, -0.2) is 0 Å². The molecular formula is C14H22N2O2. The molecule has 0 aliphatic heterocycles. The highest BCUT2D eigenvalue weighted by molar-refractivity contribution is 5.78. The van der Waals surface area contributed by atoms with Gasteiger partial charge in [0.1, 0.15) is 5.75 Å². The molecule has 1 amide bonds. The molecule has 0 fully saturated rings. The molecule has 1 aromatic rings. The highest BCUT2D eigenvalue weighted by Crippen LogP contribution is 2.13. The number of benzene rings is 1. The zero-order valence-corrected chi connectivity index (χ0v) is 11.3. The van der Waals surface area contributed by atoms with Crippen LogP contribution in [0.3, 0.4) is 0 Å². The number of ether oxygens (including phenoxy) is 1. The molecule has 4 heteroatoms. The summed E-state index contributed by atoms with van der Waals surface area (Å²) in [5.41, 5.74) is 6.65. The molecule has 1 rings (SSSR count). The minimum absolute atomic E-state index is 0.0976. The first-order chi connectivity index (χ1) is 8.58. The normalized spacial score (nSPS) is 12.0. The molecule has 0 aliphatic rings. The van der Waals surface area contributed by atoms with Gasteiger partial charge in [0, 0.05) is 26.1 Å². The number of methoxy groups -OCH3 is 1. The Morgan fingerprint density at radius 3 is 2.83 bits per heavy atom. The lowest BCUT2D eigenvalue weighted by molar-refractivity contribution is -0.133. The van der Waals surface area contributed by atoms with Gasteiger partial charge in [-0.15, -0.1) is 0 Å². The molecule has 0 aromatic heterocycles. The lowest BCUT2D eigenvalue weighted by Gasteiger charge is -2.20. The van der Waals surface area contributed by atoms with E-state index in [1.165, 1.54) is 0 Å². The van der Waals surface area contributed by atoms with Gasteiger partial charge in [0.2, 0.25) is 5.91 Å². The molecule has 0 aliphatic carbocycles. The van der Waals surface area contributed by atoms with Gasteiger partial charge in [0.05, 0.1) is 7.11 Å². The van der Waals surface area contributed by atoms with Crippen LogP contribution in [-0.2, 0) is 11.2 Å². The number of rotatable bonds is 6. The lowest BCUT2D eigenvalue weighted by Crippen LogP contribution is -2.36. The van der Waals surface area contributed by atoms with E-state index < -0.39 is 0 Å². The average molecular weight is 250 g/mol. The smallest absolute Gasteiger partial charge is 0.226 e. The lowest BCUT2D eigenvalue weighted by atomic mass is 10.1. The summed E-state index contributed by atoms with van der Waals surface area (Å²) < 4.78 is 5.17. The molecular weight excluding hydrogens is 228 g/mol. The number of hydrogen-bond donors (Lipinski definition) is 1. The molecule has 0 heterocycles. The summed E-state index contributed by atoms with van der Waals surface area (Å²) in [6.45, 7) is 2.93. The summed E-state index contributed by atoms with van der Waals surface area (Å²) in [7, 11) is 3.46. The molecule has 0 bridgehead atoms. The van der Waals surface area contributed by atoms with E-state index in [4.69, 9.17) is 10.5 Å². The van der Waals surface area contributed by atoms with Crippen LogP contribution in [0, 0.1) is 5.92 Å². The molecule has 0 saturated carbocycles. The Hall–Kier alpha value is -1.55. The highest BCUT2D eigenvalue weighted by atomic mass is 16.5. The maximum Gasteiger partial charge on any atom is 0.226 e. The van der Waals surface area contributed by atoms with Crippen LogP contribution in [0.15, 0.2) is 24.3 Å². The Morgan fingerprint density at radius 1 is 1.50 bits per heavy atom. The molecule has 0 saturated heterocycles. The third-order valence-corrected chi connectivity index (χ3v) is 3.02. The average Bonchev–Trinajstić information content (AvgIpc) is 2.43. The van der Waals surface area contributed by atoms with E-state index in [0.717, 1.165) is 17.7 Å². The number of carbonyl (C=O) groups is 1. The van der Waals surface area contributed by atoms with E-state index in [-0.39, 0.29) is 11.8 Å². The molecule has 0 spiro atoms. The fraction of sp³-hybridized carbons (Fsp3) is 0.500. The molecule has 18 heavy (non-hydrogen) atoms. The summed E-state index contributed by atoms with van der Waals surface area (Å²) in [5.74, 6) is 0.831. The number of carbonyl (C=O) groups excluding carboxylic acids is 1. The van der Waals surface area contributed by atoms with Gasteiger partial charge in [-0.2, -0.15) is 0 Å². The van der Waals surface area contributed by atoms with E-state index in [0.29, 0.717) is 13.1 Å². The Labute approximate surface area is 109 Å². The van der Waals surface area contributed by atoms with Crippen LogP contribution in [0.25, 0.3) is 0 Å². The standard InChI is InChI=1S/C14H22N2O2/c1-11(10-15)14(17)16(2)8-7-12-5-4-6-13(9-12)18-3/h4-6,9,11H,7-8,10,15H2,1-3H3. The maximum absolute atomic E-state index is 11.8. The topological polar surface area (TPSA) is 55.6 Å². The highest BCUT2D eigenvalue weighted by Gasteiger charge is 2.15. The monoisotopic (exact) mass is 250 g/mol. The first-order valence-electron chi connectivity index (χ1n) is 6.16. The molecule has 1 aromatic carbocycles. The predicted molar refractivity (Wildman–Crippen MR) is 72.6 cm³/mol. The van der Waals surface area contributed by atoms with Crippen molar-refractivity contribution in [3.63, 3.8) is 0 Å². The van der Waals surface area contributed by atoms with Crippen molar-refractivity contribution >= 4 is 5.91 Å². The number of likely N-dealkylation sites (N-methyl/N-ethyl adjacent to an activating group) is 1. The van der Waals surface area contributed by atoms with Crippen molar-refractivity contribution in [2.24, 2.45) is 11.7 Å². The summed E-state index contributed by atoms with van der Waals surface area (Å²) in [6, 6.07) is 7.89. The molecule has 4 nitrogen and oxygen atoms in total. The molecule has 100 valence electrons. The van der Waals surface area contributed by atoms with Crippen molar-refractivity contribution < 1.29 is 9.53 Å². The van der Waals surface area contributed by atoms with Crippen LogP contribution >= 0.6 is 0 Å². The predicted octanol–water partition coefficient (Wildman–Crippen LogP) is 1.29. The largest absolute Gasteiger partial charge is 0.497 e. The molecule has 1 atom stereocenters. The van der Waals surface area contributed by atoms with Gasteiger partial charge in [-0.3, -0.25) is 4.79 Å². The summed E-state index contributed by atoms with van der Waals surface area (Å²) in [6.07, 6.45) is 0.816. The van der Waals surface area contributed by atoms with E-state index in [1.807, 2.05) is 38.2 Å². The second kappa shape index (κ2) is 7.01. The van der Waals surface area contributed by atoms with E-state index in [2.05, 4.69) is 0 Å². The second-order valence-electron chi connectivity index (χ2n) is 4.50. The zero-order chi connectivity index (χ0) is 13.5. The van der Waals surface area contributed by atoms with Crippen LogP contribution in [0.4, 0.5) is 0 Å². The fourth-order valence-electron chi connectivity index (χ4n) is 1.71. The Kier molecular flexibility index (Phi) is 5.65. The summed E-state index contributed by atoms with van der Waals surface area (Å²) in [4.78, 5) is 13.6. The van der Waals surface area contributed by atoms with Gasteiger partial charge in [0.25, 0.3) is 0 Å². The van der Waals surface area contributed by atoms with E-state index in [1.54, 1.807) is 12.0 Å². The van der Waals surface area contributed by atoms with Crippen molar-refractivity contribution in [3.05, 3.63) is 29.8 Å². The maximum atomic E-state index is 11.8. The van der Waals surface area contributed by atoms with E-state index in [9.17, 15) is 4.79 Å². The quantitative estimate of drug-likeness (QED) is 0.827. The first-order valence-corrected chi connectivity index (χ1v) is 6.16.